The van der Waals surface area contributed by atoms with E-state index in [1.807, 2.05) is 0 Å². The van der Waals surface area contributed by atoms with Gasteiger partial charge in [0.15, 0.2) is 0 Å². The lowest BCUT2D eigenvalue weighted by Gasteiger charge is -2.20. The molecule has 0 aromatic heterocycles. The molecule has 0 aromatic carbocycles. The minimum Gasteiger partial charge on any atom is -0.480 e. The van der Waals surface area contributed by atoms with Gasteiger partial charge >= 0.3 is 5.97 Å². The van der Waals surface area contributed by atoms with Crippen LogP contribution in [-0.2, 0) is 14.4 Å². The fourth-order valence-electron chi connectivity index (χ4n) is 1.16. The fourth-order valence-corrected chi connectivity index (χ4v) is 1.16. The SMILES string of the molecule is CC(C)C(NC(=O)CNC(=O)C(C)(C)C)C(=O)O. The maximum absolute atomic E-state index is 11.5. The first kappa shape index (κ1) is 16.4. The second-order valence-corrected chi connectivity index (χ2v) is 5.56. The lowest BCUT2D eigenvalue weighted by atomic mass is 9.96. The highest BCUT2D eigenvalue weighted by atomic mass is 16.4. The molecule has 0 saturated heterocycles. The molecule has 1 atom stereocenters. The molecule has 0 aliphatic rings. The standard InChI is InChI=1S/C12H22N2O4/c1-7(2)9(10(16)17)14-8(15)6-13-11(18)12(3,4)5/h7,9H,6H2,1-5H3,(H,13,18)(H,14,15)(H,16,17). The summed E-state index contributed by atoms with van der Waals surface area (Å²) in [6, 6.07) is -0.941. The number of hydrogen-bond donors (Lipinski definition) is 3. The van der Waals surface area contributed by atoms with Crippen molar-refractivity contribution in [1.29, 1.82) is 0 Å². The minimum atomic E-state index is -1.08. The molecule has 0 aromatic rings. The highest BCUT2D eigenvalue weighted by Gasteiger charge is 2.25. The highest BCUT2D eigenvalue weighted by Crippen LogP contribution is 2.11. The number of hydrogen-bond acceptors (Lipinski definition) is 3. The third kappa shape index (κ3) is 5.65. The van der Waals surface area contributed by atoms with Crippen molar-refractivity contribution >= 4 is 17.8 Å². The van der Waals surface area contributed by atoms with Crippen LogP contribution in [0.15, 0.2) is 0 Å². The number of carboxylic acid groups (broad SMARTS) is 1. The van der Waals surface area contributed by atoms with E-state index in [0.29, 0.717) is 0 Å². The largest absolute Gasteiger partial charge is 0.480 e. The lowest BCUT2D eigenvalue weighted by Crippen LogP contribution is -2.49. The van der Waals surface area contributed by atoms with Gasteiger partial charge in [0.25, 0.3) is 0 Å². The van der Waals surface area contributed by atoms with Crippen molar-refractivity contribution in [3.05, 3.63) is 0 Å². The Morgan fingerprint density at radius 1 is 1.17 bits per heavy atom. The van der Waals surface area contributed by atoms with Gasteiger partial charge in [-0.3, -0.25) is 9.59 Å². The molecule has 0 bridgehead atoms. The van der Waals surface area contributed by atoms with Gasteiger partial charge in [-0.25, -0.2) is 4.79 Å². The number of nitrogens with one attached hydrogen (secondary N) is 2. The summed E-state index contributed by atoms with van der Waals surface area (Å²) in [5, 5.41) is 13.7. The fraction of sp³-hybridized carbons (Fsp3) is 0.750. The minimum absolute atomic E-state index is 0.216. The van der Waals surface area contributed by atoms with Crippen LogP contribution < -0.4 is 10.6 Å². The summed E-state index contributed by atoms with van der Waals surface area (Å²) >= 11 is 0. The van der Waals surface area contributed by atoms with Crippen LogP contribution in [0, 0.1) is 11.3 Å². The first-order valence-corrected chi connectivity index (χ1v) is 5.86. The van der Waals surface area contributed by atoms with E-state index in [2.05, 4.69) is 10.6 Å². The normalized spacial score (nSPS) is 13.0. The van der Waals surface area contributed by atoms with E-state index in [0.717, 1.165) is 0 Å². The second-order valence-electron chi connectivity index (χ2n) is 5.56. The molecular weight excluding hydrogens is 236 g/mol. The van der Waals surface area contributed by atoms with Gasteiger partial charge in [0.2, 0.25) is 11.8 Å². The number of amides is 2. The average Bonchev–Trinajstić information content (AvgIpc) is 2.19. The number of carbonyl (C=O) groups is 3. The van der Waals surface area contributed by atoms with Gasteiger partial charge in [0.1, 0.15) is 6.04 Å². The van der Waals surface area contributed by atoms with Gasteiger partial charge in [-0.1, -0.05) is 34.6 Å². The Balaban J connectivity index is 4.28. The van der Waals surface area contributed by atoms with Gasteiger partial charge in [0.05, 0.1) is 6.54 Å². The van der Waals surface area contributed by atoms with Gasteiger partial charge in [-0.05, 0) is 5.92 Å². The number of rotatable bonds is 5. The topological polar surface area (TPSA) is 95.5 Å². The number of carboxylic acids is 1. The number of aliphatic carboxylic acids is 1. The molecule has 0 saturated carbocycles. The molecule has 0 radical (unpaired) electrons. The van der Waals surface area contributed by atoms with Crippen LogP contribution in [0.2, 0.25) is 0 Å². The molecule has 18 heavy (non-hydrogen) atoms. The smallest absolute Gasteiger partial charge is 0.326 e. The van der Waals surface area contributed by atoms with Gasteiger partial charge in [-0.2, -0.15) is 0 Å². The summed E-state index contributed by atoms with van der Waals surface area (Å²) in [5.41, 5.74) is -0.579. The zero-order valence-electron chi connectivity index (χ0n) is 11.5. The van der Waals surface area contributed by atoms with Crippen molar-refractivity contribution in [3.8, 4) is 0 Å². The molecule has 0 rings (SSSR count). The van der Waals surface area contributed by atoms with E-state index in [4.69, 9.17) is 5.11 Å². The van der Waals surface area contributed by atoms with Gasteiger partial charge < -0.3 is 15.7 Å². The van der Waals surface area contributed by atoms with Crippen LogP contribution in [-0.4, -0.2) is 35.5 Å². The summed E-state index contributed by atoms with van der Waals surface area (Å²) in [7, 11) is 0. The molecule has 0 aliphatic heterocycles. The molecule has 1 unspecified atom stereocenters. The molecule has 6 nitrogen and oxygen atoms in total. The Hall–Kier alpha value is -1.59. The Labute approximate surface area is 107 Å². The molecular formula is C12H22N2O4. The molecule has 6 heteroatoms. The van der Waals surface area contributed by atoms with Gasteiger partial charge in [0, 0.05) is 5.41 Å². The summed E-state index contributed by atoms with van der Waals surface area (Å²) in [4.78, 5) is 33.9. The molecule has 0 aliphatic carbocycles. The van der Waals surface area contributed by atoms with Gasteiger partial charge in [-0.15, -0.1) is 0 Å². The van der Waals surface area contributed by atoms with E-state index >= 15 is 0 Å². The van der Waals surface area contributed by atoms with E-state index in [9.17, 15) is 14.4 Å². The first-order valence-electron chi connectivity index (χ1n) is 5.86. The predicted molar refractivity (Wildman–Crippen MR) is 66.9 cm³/mol. The molecule has 2 amide bonds. The van der Waals surface area contributed by atoms with Crippen molar-refractivity contribution in [1.82, 2.24) is 10.6 Å². The molecule has 104 valence electrons. The third-order valence-corrected chi connectivity index (χ3v) is 2.34. The van der Waals surface area contributed by atoms with Crippen molar-refractivity contribution < 1.29 is 19.5 Å². The summed E-state index contributed by atoms with van der Waals surface area (Å²) < 4.78 is 0. The van der Waals surface area contributed by atoms with E-state index < -0.39 is 23.3 Å². The Bertz CT molecular complexity index is 331. The molecule has 3 N–H and O–H groups in total. The van der Waals surface area contributed by atoms with E-state index in [1.165, 1.54) is 0 Å². The maximum atomic E-state index is 11.5. The first-order chi connectivity index (χ1) is 8.05. The second kappa shape index (κ2) is 6.37. The van der Waals surface area contributed by atoms with Crippen molar-refractivity contribution in [2.24, 2.45) is 11.3 Å². The quantitative estimate of drug-likeness (QED) is 0.664. The highest BCUT2D eigenvalue weighted by molar-refractivity contribution is 5.89. The maximum Gasteiger partial charge on any atom is 0.326 e. The van der Waals surface area contributed by atoms with Crippen LogP contribution in [0.1, 0.15) is 34.6 Å². The predicted octanol–water partition coefficient (Wildman–Crippen LogP) is 0.374. The van der Waals surface area contributed by atoms with Crippen molar-refractivity contribution in [2.75, 3.05) is 6.54 Å². The van der Waals surface area contributed by atoms with E-state index in [-0.39, 0.29) is 18.4 Å². The molecule has 0 spiro atoms. The summed E-state index contributed by atoms with van der Waals surface area (Å²) in [5.74, 6) is -2.06. The summed E-state index contributed by atoms with van der Waals surface area (Å²) in [6.07, 6.45) is 0. The Kier molecular flexibility index (Phi) is 5.81. The molecule has 0 heterocycles. The lowest BCUT2D eigenvalue weighted by molar-refractivity contribution is -0.143. The zero-order valence-corrected chi connectivity index (χ0v) is 11.5. The zero-order chi connectivity index (χ0) is 14.5. The van der Waals surface area contributed by atoms with Crippen LogP contribution in [0.5, 0.6) is 0 Å². The Morgan fingerprint density at radius 3 is 2.00 bits per heavy atom. The van der Waals surface area contributed by atoms with Crippen LogP contribution >= 0.6 is 0 Å². The molecule has 0 fully saturated rings. The van der Waals surface area contributed by atoms with E-state index in [1.54, 1.807) is 34.6 Å². The Morgan fingerprint density at radius 2 is 1.67 bits per heavy atom. The third-order valence-electron chi connectivity index (χ3n) is 2.34. The van der Waals surface area contributed by atoms with Crippen LogP contribution in [0.25, 0.3) is 0 Å². The van der Waals surface area contributed by atoms with Crippen LogP contribution in [0.3, 0.4) is 0 Å². The number of carbonyl (C=O) groups excluding carboxylic acids is 2. The summed E-state index contributed by atoms with van der Waals surface area (Å²) in [6.45, 7) is 8.38. The average molecular weight is 258 g/mol. The monoisotopic (exact) mass is 258 g/mol. The van der Waals surface area contributed by atoms with Crippen molar-refractivity contribution in [2.45, 2.75) is 40.7 Å². The van der Waals surface area contributed by atoms with Crippen molar-refractivity contribution in [3.63, 3.8) is 0 Å². The van der Waals surface area contributed by atoms with Crippen LogP contribution in [0.4, 0.5) is 0 Å².